The summed E-state index contributed by atoms with van der Waals surface area (Å²) in [6, 6.07) is 7.13. The monoisotopic (exact) mass is 170 g/mol. The van der Waals surface area contributed by atoms with E-state index in [-0.39, 0.29) is 0 Å². The van der Waals surface area contributed by atoms with Crippen molar-refractivity contribution in [2.24, 2.45) is 0 Å². The maximum Gasteiger partial charge on any atom is 0.186 e. The van der Waals surface area contributed by atoms with E-state index >= 15 is 0 Å². The van der Waals surface area contributed by atoms with Crippen LogP contribution in [0.25, 0.3) is 0 Å². The van der Waals surface area contributed by atoms with Gasteiger partial charge in [-0.15, -0.1) is 0 Å². The van der Waals surface area contributed by atoms with Gasteiger partial charge in [-0.05, 0) is 24.1 Å². The molecule has 0 aliphatic carbocycles. The first kappa shape index (κ1) is 8.43. The highest BCUT2D eigenvalue weighted by Crippen LogP contribution is 2.08. The minimum absolute atomic E-state index is 0.476. The van der Waals surface area contributed by atoms with Crippen LogP contribution in [0.1, 0.15) is 12.5 Å². The van der Waals surface area contributed by atoms with Crippen molar-refractivity contribution in [1.29, 1.82) is 0 Å². The minimum Gasteiger partial charge on any atom is -0.302 e. The molecule has 0 spiro atoms. The topological polar surface area (TPSA) is 37.3 Å². The summed E-state index contributed by atoms with van der Waals surface area (Å²) in [5.74, 6) is 0. The lowest BCUT2D eigenvalue weighted by Gasteiger charge is -1.97. The van der Waals surface area contributed by atoms with Gasteiger partial charge in [-0.3, -0.25) is 0 Å². The zero-order valence-corrected chi connectivity index (χ0v) is 7.10. The Morgan fingerprint density at radius 2 is 2.27 bits per heavy atom. The molecule has 1 N–H and O–H groups in total. The molecule has 0 aliphatic heterocycles. The minimum atomic E-state index is -1.84. The number of rotatable bonds is 2. The lowest BCUT2D eigenvalue weighted by Crippen LogP contribution is -1.89. The van der Waals surface area contributed by atoms with Crippen molar-refractivity contribution in [3.8, 4) is 0 Å². The van der Waals surface area contributed by atoms with Gasteiger partial charge in [0.15, 0.2) is 11.1 Å². The first-order valence-electron chi connectivity index (χ1n) is 3.44. The second-order valence-electron chi connectivity index (χ2n) is 2.25. The molecule has 1 aromatic carbocycles. The van der Waals surface area contributed by atoms with E-state index in [1.807, 2.05) is 13.0 Å². The number of benzene rings is 1. The number of hydrogen-bond donors (Lipinski definition) is 1. The zero-order valence-electron chi connectivity index (χ0n) is 6.28. The first-order chi connectivity index (χ1) is 5.24. The van der Waals surface area contributed by atoms with Crippen LogP contribution < -0.4 is 0 Å². The third-order valence-electron chi connectivity index (χ3n) is 1.51. The number of aryl methyl sites for hydroxylation is 1. The van der Waals surface area contributed by atoms with E-state index in [0.29, 0.717) is 4.90 Å². The van der Waals surface area contributed by atoms with Crippen LogP contribution in [-0.2, 0) is 17.5 Å². The van der Waals surface area contributed by atoms with Crippen LogP contribution in [0.3, 0.4) is 0 Å². The Bertz CT molecular complexity index is 271. The Kier molecular flexibility index (Phi) is 2.79. The van der Waals surface area contributed by atoms with Crippen LogP contribution in [0.5, 0.6) is 0 Å². The molecule has 0 saturated heterocycles. The normalized spacial score (nSPS) is 12.9. The highest BCUT2D eigenvalue weighted by molar-refractivity contribution is 7.79. The van der Waals surface area contributed by atoms with Crippen molar-refractivity contribution in [2.75, 3.05) is 0 Å². The molecule has 0 aliphatic rings. The Balaban J connectivity index is 3.01. The molecule has 1 atom stereocenters. The van der Waals surface area contributed by atoms with E-state index in [9.17, 15) is 4.21 Å². The van der Waals surface area contributed by atoms with Crippen molar-refractivity contribution >= 4 is 11.1 Å². The fourth-order valence-electron chi connectivity index (χ4n) is 0.874. The standard InChI is InChI=1S/C8H10O2S/c1-2-7-4-3-5-8(6-7)11(9)10/h3-6H,2H2,1H3,(H,9,10). The Labute approximate surface area is 68.5 Å². The molecule has 0 saturated carbocycles. The summed E-state index contributed by atoms with van der Waals surface area (Å²) in [6.45, 7) is 2.01. The van der Waals surface area contributed by atoms with Gasteiger partial charge < -0.3 is 4.55 Å². The van der Waals surface area contributed by atoms with Crippen molar-refractivity contribution in [3.63, 3.8) is 0 Å². The van der Waals surface area contributed by atoms with Gasteiger partial charge >= 0.3 is 0 Å². The van der Waals surface area contributed by atoms with Crippen molar-refractivity contribution < 1.29 is 8.76 Å². The summed E-state index contributed by atoms with van der Waals surface area (Å²) < 4.78 is 19.3. The summed E-state index contributed by atoms with van der Waals surface area (Å²) in [5.41, 5.74) is 1.09. The summed E-state index contributed by atoms with van der Waals surface area (Å²) in [4.78, 5) is 0.476. The predicted molar refractivity (Wildman–Crippen MR) is 44.9 cm³/mol. The second kappa shape index (κ2) is 3.64. The van der Waals surface area contributed by atoms with E-state index in [1.165, 1.54) is 0 Å². The Morgan fingerprint density at radius 3 is 2.82 bits per heavy atom. The largest absolute Gasteiger partial charge is 0.302 e. The maximum absolute atomic E-state index is 10.6. The predicted octanol–water partition coefficient (Wildman–Crippen LogP) is 1.83. The molecule has 1 rings (SSSR count). The zero-order chi connectivity index (χ0) is 8.27. The lowest BCUT2D eigenvalue weighted by atomic mass is 10.2. The Morgan fingerprint density at radius 1 is 1.55 bits per heavy atom. The van der Waals surface area contributed by atoms with E-state index in [2.05, 4.69) is 0 Å². The van der Waals surface area contributed by atoms with Gasteiger partial charge in [0.1, 0.15) is 0 Å². The molecule has 60 valence electrons. The molecule has 11 heavy (non-hydrogen) atoms. The molecule has 0 amide bonds. The van der Waals surface area contributed by atoms with Gasteiger partial charge in [-0.1, -0.05) is 19.1 Å². The van der Waals surface area contributed by atoms with Crippen molar-refractivity contribution in [3.05, 3.63) is 29.8 Å². The van der Waals surface area contributed by atoms with E-state index < -0.39 is 11.1 Å². The van der Waals surface area contributed by atoms with Gasteiger partial charge in [0.25, 0.3) is 0 Å². The molecule has 1 unspecified atom stereocenters. The van der Waals surface area contributed by atoms with Crippen molar-refractivity contribution in [2.45, 2.75) is 18.2 Å². The molecule has 1 aromatic rings. The van der Waals surface area contributed by atoms with Crippen molar-refractivity contribution in [1.82, 2.24) is 0 Å². The third-order valence-corrected chi connectivity index (χ3v) is 2.17. The van der Waals surface area contributed by atoms with Crippen LogP contribution in [0.4, 0.5) is 0 Å². The highest BCUT2D eigenvalue weighted by atomic mass is 32.2. The molecule has 0 heterocycles. The summed E-state index contributed by atoms with van der Waals surface area (Å²) in [7, 11) is 0. The lowest BCUT2D eigenvalue weighted by molar-refractivity contribution is 0.564. The summed E-state index contributed by atoms with van der Waals surface area (Å²) in [6.07, 6.45) is 0.894. The van der Waals surface area contributed by atoms with Gasteiger partial charge in [0, 0.05) is 0 Å². The maximum atomic E-state index is 10.6. The molecule has 0 fully saturated rings. The van der Waals surface area contributed by atoms with E-state index in [4.69, 9.17) is 4.55 Å². The van der Waals surface area contributed by atoms with E-state index in [0.717, 1.165) is 12.0 Å². The highest BCUT2D eigenvalue weighted by Gasteiger charge is 1.98. The quantitative estimate of drug-likeness (QED) is 0.687. The van der Waals surface area contributed by atoms with Gasteiger partial charge in [0.05, 0.1) is 4.90 Å². The molecule has 0 bridgehead atoms. The van der Waals surface area contributed by atoms with Crippen LogP contribution in [0.15, 0.2) is 29.2 Å². The van der Waals surface area contributed by atoms with Gasteiger partial charge in [0.2, 0.25) is 0 Å². The second-order valence-corrected chi connectivity index (χ2v) is 3.22. The van der Waals surface area contributed by atoms with E-state index in [1.54, 1.807) is 18.2 Å². The SMILES string of the molecule is CCc1cccc(S(=O)O)c1. The summed E-state index contributed by atoms with van der Waals surface area (Å²) in [5, 5.41) is 0. The third kappa shape index (κ3) is 2.13. The summed E-state index contributed by atoms with van der Waals surface area (Å²) >= 11 is -1.84. The van der Waals surface area contributed by atoms with Gasteiger partial charge in [-0.2, -0.15) is 0 Å². The molecule has 0 aromatic heterocycles. The fraction of sp³-hybridized carbons (Fsp3) is 0.250. The first-order valence-corrected chi connectivity index (χ1v) is 4.54. The average molecular weight is 170 g/mol. The van der Waals surface area contributed by atoms with Crippen LogP contribution in [0.2, 0.25) is 0 Å². The Hall–Kier alpha value is -0.670. The van der Waals surface area contributed by atoms with Gasteiger partial charge in [-0.25, -0.2) is 4.21 Å². The smallest absolute Gasteiger partial charge is 0.186 e. The average Bonchev–Trinajstić information content (AvgIpc) is 2.05. The van der Waals surface area contributed by atoms with Crippen LogP contribution in [-0.4, -0.2) is 8.76 Å². The molecular formula is C8H10O2S. The molecular weight excluding hydrogens is 160 g/mol. The number of hydrogen-bond acceptors (Lipinski definition) is 1. The molecule has 0 radical (unpaired) electrons. The van der Waals surface area contributed by atoms with Crippen LogP contribution in [0, 0.1) is 0 Å². The molecule has 3 heteroatoms. The molecule has 2 nitrogen and oxygen atoms in total. The van der Waals surface area contributed by atoms with Crippen LogP contribution >= 0.6 is 0 Å². The fourth-order valence-corrected chi connectivity index (χ4v) is 1.32.